The van der Waals surface area contributed by atoms with Gasteiger partial charge in [0.15, 0.2) is 0 Å². The third-order valence-electron chi connectivity index (χ3n) is 6.09. The van der Waals surface area contributed by atoms with Crippen molar-refractivity contribution in [1.29, 1.82) is 0 Å². The van der Waals surface area contributed by atoms with Gasteiger partial charge in [-0.25, -0.2) is 0 Å². The van der Waals surface area contributed by atoms with E-state index in [-0.39, 0.29) is 24.0 Å². The number of aromatic nitrogens is 2. The number of benzene rings is 1. The smallest absolute Gasteiger partial charge is 0.228 e. The molecule has 6 heteroatoms. The van der Waals surface area contributed by atoms with Crippen molar-refractivity contribution in [3.05, 3.63) is 53.3 Å². The number of hydrogen-bond donors (Lipinski definition) is 2. The molecule has 1 aromatic carbocycles. The number of likely N-dealkylation sites (tertiary alicyclic amines) is 1. The van der Waals surface area contributed by atoms with Crippen LogP contribution in [0.2, 0.25) is 0 Å². The molecule has 0 radical (unpaired) electrons. The van der Waals surface area contributed by atoms with Gasteiger partial charge in [0, 0.05) is 36.9 Å². The molecular formula is C21H28N4O2. The van der Waals surface area contributed by atoms with Gasteiger partial charge in [-0.2, -0.15) is 5.10 Å². The Balaban J connectivity index is 1.37. The predicted octanol–water partition coefficient (Wildman–Crippen LogP) is 1.82. The molecule has 144 valence electrons. The van der Waals surface area contributed by atoms with Crippen LogP contribution in [0.3, 0.4) is 0 Å². The molecule has 1 amide bonds. The van der Waals surface area contributed by atoms with Crippen LogP contribution in [0.4, 0.5) is 0 Å². The maximum atomic E-state index is 12.6. The number of aryl methyl sites for hydroxylation is 1. The monoisotopic (exact) mass is 368 g/mol. The summed E-state index contributed by atoms with van der Waals surface area (Å²) in [6, 6.07) is 10.1. The van der Waals surface area contributed by atoms with E-state index < -0.39 is 0 Å². The summed E-state index contributed by atoms with van der Waals surface area (Å²) < 4.78 is 1.82. The van der Waals surface area contributed by atoms with Gasteiger partial charge in [0.25, 0.3) is 0 Å². The maximum absolute atomic E-state index is 12.6. The lowest BCUT2D eigenvalue weighted by molar-refractivity contribution is -0.121. The zero-order valence-corrected chi connectivity index (χ0v) is 15.9. The van der Waals surface area contributed by atoms with Crippen molar-refractivity contribution in [2.24, 2.45) is 0 Å². The molecule has 0 unspecified atom stereocenters. The van der Waals surface area contributed by atoms with Gasteiger partial charge in [0.05, 0.1) is 24.8 Å². The highest BCUT2D eigenvalue weighted by Gasteiger charge is 2.46. The quantitative estimate of drug-likeness (QED) is 0.845. The molecule has 0 saturated carbocycles. The number of piperidine rings is 1. The van der Waals surface area contributed by atoms with Crippen LogP contribution < -0.4 is 5.32 Å². The SMILES string of the molecule is Cc1nn(CCO)cc1CN1CCC2(CC1)C[C@@H](c1ccccc1)C(=O)N2. The number of aliphatic hydroxyl groups is 1. The molecular weight excluding hydrogens is 340 g/mol. The minimum atomic E-state index is -0.0514. The third kappa shape index (κ3) is 3.77. The van der Waals surface area contributed by atoms with E-state index in [4.69, 9.17) is 5.11 Å². The lowest BCUT2D eigenvalue weighted by Gasteiger charge is -2.39. The second-order valence-corrected chi connectivity index (χ2v) is 7.94. The molecule has 2 saturated heterocycles. The lowest BCUT2D eigenvalue weighted by Crippen LogP contribution is -2.50. The molecule has 2 N–H and O–H groups in total. The van der Waals surface area contributed by atoms with Crippen LogP contribution >= 0.6 is 0 Å². The van der Waals surface area contributed by atoms with Crippen LogP contribution in [-0.2, 0) is 17.9 Å². The highest BCUT2D eigenvalue weighted by atomic mass is 16.3. The maximum Gasteiger partial charge on any atom is 0.228 e. The van der Waals surface area contributed by atoms with Gasteiger partial charge in [-0.05, 0) is 31.7 Å². The molecule has 1 aromatic heterocycles. The average Bonchev–Trinajstić information content (AvgIpc) is 3.18. The number of nitrogens with one attached hydrogen (secondary N) is 1. The van der Waals surface area contributed by atoms with Crippen LogP contribution in [-0.4, -0.2) is 50.9 Å². The molecule has 27 heavy (non-hydrogen) atoms. The Morgan fingerprint density at radius 1 is 1.26 bits per heavy atom. The first kappa shape index (κ1) is 18.2. The number of hydrogen-bond acceptors (Lipinski definition) is 4. The third-order valence-corrected chi connectivity index (χ3v) is 6.09. The zero-order chi connectivity index (χ0) is 18.9. The minimum Gasteiger partial charge on any atom is -0.394 e. The van der Waals surface area contributed by atoms with Gasteiger partial charge < -0.3 is 10.4 Å². The minimum absolute atomic E-state index is 0.0169. The van der Waals surface area contributed by atoms with E-state index in [1.54, 1.807) is 0 Å². The number of carbonyl (C=O) groups excluding carboxylic acids is 1. The van der Waals surface area contributed by atoms with Crippen LogP contribution in [0.1, 0.15) is 42.0 Å². The van der Waals surface area contributed by atoms with Crippen LogP contribution in [0.25, 0.3) is 0 Å². The fraction of sp³-hybridized carbons (Fsp3) is 0.524. The Bertz CT molecular complexity index is 794. The van der Waals surface area contributed by atoms with Crippen LogP contribution in [0, 0.1) is 6.92 Å². The highest BCUT2D eigenvalue weighted by Crippen LogP contribution is 2.39. The van der Waals surface area contributed by atoms with E-state index in [0.717, 1.165) is 50.2 Å². The molecule has 1 spiro atoms. The summed E-state index contributed by atoms with van der Waals surface area (Å²) >= 11 is 0. The van der Waals surface area contributed by atoms with E-state index in [0.29, 0.717) is 6.54 Å². The van der Waals surface area contributed by atoms with Gasteiger partial charge >= 0.3 is 0 Å². The summed E-state index contributed by atoms with van der Waals surface area (Å²) in [6.45, 7) is 5.50. The van der Waals surface area contributed by atoms with E-state index in [9.17, 15) is 4.79 Å². The van der Waals surface area contributed by atoms with Crippen molar-refractivity contribution in [2.45, 2.75) is 50.7 Å². The number of rotatable bonds is 5. The van der Waals surface area contributed by atoms with Crippen molar-refractivity contribution in [3.8, 4) is 0 Å². The summed E-state index contributed by atoms with van der Waals surface area (Å²) in [4.78, 5) is 15.0. The highest BCUT2D eigenvalue weighted by molar-refractivity contribution is 5.87. The number of aliphatic hydroxyl groups excluding tert-OH is 1. The largest absolute Gasteiger partial charge is 0.394 e. The van der Waals surface area contributed by atoms with Crippen molar-refractivity contribution in [3.63, 3.8) is 0 Å². The number of amides is 1. The Labute approximate surface area is 160 Å². The Hall–Kier alpha value is -2.18. The fourth-order valence-corrected chi connectivity index (χ4v) is 4.48. The molecule has 0 bridgehead atoms. The summed E-state index contributed by atoms with van der Waals surface area (Å²) in [5.41, 5.74) is 3.32. The van der Waals surface area contributed by atoms with Crippen molar-refractivity contribution >= 4 is 5.91 Å². The standard InChI is InChI=1S/C21H28N4O2/c1-16-18(15-25(23-16)11-12-26)14-24-9-7-21(8-10-24)13-19(20(27)22-21)17-5-3-2-4-6-17/h2-6,15,19,26H,7-14H2,1H3,(H,22,27)/t19-/m0/s1. The van der Waals surface area contributed by atoms with Crippen LogP contribution in [0.15, 0.2) is 36.5 Å². The Morgan fingerprint density at radius 2 is 2.00 bits per heavy atom. The Morgan fingerprint density at radius 3 is 2.70 bits per heavy atom. The predicted molar refractivity (Wildman–Crippen MR) is 103 cm³/mol. The normalized spacial score (nSPS) is 22.3. The molecule has 2 fully saturated rings. The van der Waals surface area contributed by atoms with E-state index in [1.165, 1.54) is 5.56 Å². The molecule has 2 aromatic rings. The summed E-state index contributed by atoms with van der Waals surface area (Å²) in [5, 5.41) is 16.9. The second-order valence-electron chi connectivity index (χ2n) is 7.94. The first-order valence-electron chi connectivity index (χ1n) is 9.82. The van der Waals surface area contributed by atoms with E-state index >= 15 is 0 Å². The first-order chi connectivity index (χ1) is 13.1. The van der Waals surface area contributed by atoms with Crippen LogP contribution in [0.5, 0.6) is 0 Å². The summed E-state index contributed by atoms with van der Waals surface area (Å²) in [7, 11) is 0. The summed E-state index contributed by atoms with van der Waals surface area (Å²) in [6.07, 6.45) is 4.92. The molecule has 0 aliphatic carbocycles. The van der Waals surface area contributed by atoms with Crippen molar-refractivity contribution in [2.75, 3.05) is 19.7 Å². The number of nitrogens with zero attached hydrogens (tertiary/aromatic N) is 3. The fourth-order valence-electron chi connectivity index (χ4n) is 4.48. The summed E-state index contributed by atoms with van der Waals surface area (Å²) in [5.74, 6) is 0.160. The van der Waals surface area contributed by atoms with Gasteiger partial charge in [0.1, 0.15) is 0 Å². The molecule has 3 heterocycles. The van der Waals surface area contributed by atoms with Gasteiger partial charge in [-0.1, -0.05) is 30.3 Å². The number of carbonyl (C=O) groups is 1. The molecule has 2 aliphatic rings. The molecule has 1 atom stereocenters. The van der Waals surface area contributed by atoms with Crippen molar-refractivity contribution in [1.82, 2.24) is 20.0 Å². The Kier molecular flexibility index (Phi) is 5.02. The lowest BCUT2D eigenvalue weighted by atomic mass is 9.82. The van der Waals surface area contributed by atoms with E-state index in [2.05, 4.69) is 27.4 Å². The molecule has 6 nitrogen and oxygen atoms in total. The average molecular weight is 368 g/mol. The van der Waals surface area contributed by atoms with Gasteiger partial charge in [0.2, 0.25) is 5.91 Å². The topological polar surface area (TPSA) is 70.4 Å². The molecule has 4 rings (SSSR count). The van der Waals surface area contributed by atoms with Gasteiger partial charge in [-0.15, -0.1) is 0 Å². The van der Waals surface area contributed by atoms with Crippen molar-refractivity contribution < 1.29 is 9.90 Å². The zero-order valence-electron chi connectivity index (χ0n) is 15.9. The first-order valence-corrected chi connectivity index (χ1v) is 9.82. The second kappa shape index (κ2) is 7.44. The van der Waals surface area contributed by atoms with E-state index in [1.807, 2.05) is 36.0 Å². The van der Waals surface area contributed by atoms with Gasteiger partial charge in [-0.3, -0.25) is 14.4 Å². The molecule has 2 aliphatic heterocycles.